The van der Waals surface area contributed by atoms with E-state index in [2.05, 4.69) is 26.1 Å². The molecule has 28 heavy (non-hydrogen) atoms. The molecule has 0 radical (unpaired) electrons. The van der Waals surface area contributed by atoms with Crippen LogP contribution in [0.4, 0.5) is 5.69 Å². The van der Waals surface area contributed by atoms with E-state index in [1.165, 1.54) is 0 Å². The van der Waals surface area contributed by atoms with Crippen molar-refractivity contribution in [1.82, 2.24) is 0 Å². The summed E-state index contributed by atoms with van der Waals surface area (Å²) in [5, 5.41) is 5.02. The molecule has 2 rings (SSSR count). The molecule has 1 amide bonds. The van der Waals surface area contributed by atoms with Gasteiger partial charge >= 0.3 is 0 Å². The van der Waals surface area contributed by atoms with Crippen molar-refractivity contribution >= 4 is 22.4 Å². The highest BCUT2D eigenvalue weighted by atomic mass is 16.5. The standard InChI is InChI=1S/C24H36N2O2/c1-23(2,3)15-8-7-11-20(25)22(27)26-21-12-9-10-17-13-14-18(16-19(17)21)28-24(4,5)6/h9-10,12-14,16,20H,7-8,11,15,25H2,1-6H3,(H,26,27). The molecule has 4 heteroatoms. The first kappa shape index (κ1) is 22.2. The van der Waals surface area contributed by atoms with Crippen LogP contribution in [0.15, 0.2) is 36.4 Å². The number of unbranched alkanes of at least 4 members (excludes halogenated alkanes) is 1. The van der Waals surface area contributed by atoms with Crippen molar-refractivity contribution in [3.63, 3.8) is 0 Å². The highest BCUT2D eigenvalue weighted by Crippen LogP contribution is 2.29. The van der Waals surface area contributed by atoms with Crippen molar-refractivity contribution in [3.8, 4) is 5.75 Å². The number of hydrogen-bond donors (Lipinski definition) is 2. The predicted molar refractivity (Wildman–Crippen MR) is 119 cm³/mol. The van der Waals surface area contributed by atoms with Gasteiger partial charge in [-0.15, -0.1) is 0 Å². The van der Waals surface area contributed by atoms with Crippen LogP contribution in [-0.2, 0) is 4.79 Å². The predicted octanol–water partition coefficient (Wildman–Crippen LogP) is 5.89. The van der Waals surface area contributed by atoms with Crippen molar-refractivity contribution in [2.24, 2.45) is 11.1 Å². The molecule has 0 saturated heterocycles. The third kappa shape index (κ3) is 7.16. The number of rotatable bonds is 7. The summed E-state index contributed by atoms with van der Waals surface area (Å²) >= 11 is 0. The van der Waals surface area contributed by atoms with Crippen LogP contribution in [0.5, 0.6) is 5.75 Å². The molecule has 1 unspecified atom stereocenters. The number of nitrogens with one attached hydrogen (secondary N) is 1. The number of carbonyl (C=O) groups excluding carboxylic acids is 1. The van der Waals surface area contributed by atoms with E-state index < -0.39 is 6.04 Å². The Morgan fingerprint density at radius 1 is 1.07 bits per heavy atom. The van der Waals surface area contributed by atoms with E-state index in [0.717, 1.165) is 41.5 Å². The number of ether oxygens (including phenoxy) is 1. The lowest BCUT2D eigenvalue weighted by atomic mass is 9.89. The molecule has 1 atom stereocenters. The maximum absolute atomic E-state index is 12.6. The quantitative estimate of drug-likeness (QED) is 0.585. The number of benzene rings is 2. The van der Waals surface area contributed by atoms with E-state index >= 15 is 0 Å². The summed E-state index contributed by atoms with van der Waals surface area (Å²) in [5.74, 6) is 0.651. The second-order valence-electron chi connectivity index (χ2n) is 9.81. The zero-order valence-corrected chi connectivity index (χ0v) is 18.3. The lowest BCUT2D eigenvalue weighted by Gasteiger charge is -2.22. The third-order valence-electron chi connectivity index (χ3n) is 4.56. The van der Waals surface area contributed by atoms with Gasteiger partial charge in [-0.05, 0) is 62.6 Å². The number of fused-ring (bicyclic) bond motifs is 1. The van der Waals surface area contributed by atoms with E-state index in [-0.39, 0.29) is 11.5 Å². The van der Waals surface area contributed by atoms with Gasteiger partial charge in [0.1, 0.15) is 11.4 Å². The van der Waals surface area contributed by atoms with Gasteiger partial charge in [-0.3, -0.25) is 4.79 Å². The molecule has 0 heterocycles. The van der Waals surface area contributed by atoms with Crippen LogP contribution in [0.1, 0.15) is 67.2 Å². The molecule has 0 aliphatic carbocycles. The summed E-state index contributed by atoms with van der Waals surface area (Å²) in [6.45, 7) is 12.8. The minimum atomic E-state index is -0.496. The molecular formula is C24H36N2O2. The zero-order chi connectivity index (χ0) is 20.9. The van der Waals surface area contributed by atoms with Crippen molar-refractivity contribution in [2.45, 2.75) is 78.9 Å². The summed E-state index contributed by atoms with van der Waals surface area (Å²) in [5.41, 5.74) is 6.95. The molecule has 0 aliphatic heterocycles. The SMILES string of the molecule is CC(C)(C)CCCCC(N)C(=O)Nc1cccc2ccc(OC(C)(C)C)cc12. The van der Waals surface area contributed by atoms with Crippen LogP contribution in [0, 0.1) is 5.41 Å². The third-order valence-corrected chi connectivity index (χ3v) is 4.56. The topological polar surface area (TPSA) is 64.4 Å². The Morgan fingerprint density at radius 2 is 1.79 bits per heavy atom. The van der Waals surface area contributed by atoms with Gasteiger partial charge in [-0.25, -0.2) is 0 Å². The van der Waals surface area contributed by atoms with Crippen molar-refractivity contribution in [2.75, 3.05) is 5.32 Å². The van der Waals surface area contributed by atoms with Gasteiger partial charge in [0.25, 0.3) is 0 Å². The molecule has 0 fully saturated rings. The fourth-order valence-corrected chi connectivity index (χ4v) is 3.15. The second kappa shape index (κ2) is 8.95. The summed E-state index contributed by atoms with van der Waals surface area (Å²) in [6, 6.07) is 11.3. The van der Waals surface area contributed by atoms with Crippen LogP contribution in [-0.4, -0.2) is 17.6 Å². The van der Waals surface area contributed by atoms with Crippen molar-refractivity contribution < 1.29 is 9.53 Å². The highest BCUT2D eigenvalue weighted by molar-refractivity contribution is 6.04. The molecule has 2 aromatic rings. The van der Waals surface area contributed by atoms with Crippen molar-refractivity contribution in [3.05, 3.63) is 36.4 Å². The molecule has 0 aliphatic rings. The Balaban J connectivity index is 2.05. The van der Waals surface area contributed by atoms with Crippen LogP contribution in [0.25, 0.3) is 10.8 Å². The number of carbonyl (C=O) groups is 1. The highest BCUT2D eigenvalue weighted by Gasteiger charge is 2.17. The van der Waals surface area contributed by atoms with Crippen molar-refractivity contribution in [1.29, 1.82) is 0 Å². The minimum Gasteiger partial charge on any atom is -0.488 e. The van der Waals surface area contributed by atoms with Gasteiger partial charge in [0, 0.05) is 11.1 Å². The van der Waals surface area contributed by atoms with Gasteiger partial charge in [0.05, 0.1) is 6.04 Å². The van der Waals surface area contributed by atoms with Gasteiger partial charge in [-0.2, -0.15) is 0 Å². The Bertz CT molecular complexity index is 800. The first-order chi connectivity index (χ1) is 12.9. The minimum absolute atomic E-state index is 0.134. The number of anilines is 1. The second-order valence-corrected chi connectivity index (χ2v) is 9.81. The van der Waals surface area contributed by atoms with E-state index in [1.807, 2.05) is 57.2 Å². The molecule has 0 aromatic heterocycles. The zero-order valence-electron chi connectivity index (χ0n) is 18.3. The lowest BCUT2D eigenvalue weighted by Crippen LogP contribution is -2.35. The van der Waals surface area contributed by atoms with Gasteiger partial charge in [0.15, 0.2) is 0 Å². The Labute approximate surface area is 169 Å². The molecule has 0 saturated carbocycles. The van der Waals surface area contributed by atoms with E-state index in [4.69, 9.17) is 10.5 Å². The van der Waals surface area contributed by atoms with Crippen LogP contribution in [0.3, 0.4) is 0 Å². The number of hydrogen-bond acceptors (Lipinski definition) is 3. The van der Waals surface area contributed by atoms with Gasteiger partial charge in [-0.1, -0.05) is 51.8 Å². The monoisotopic (exact) mass is 384 g/mol. The van der Waals surface area contributed by atoms with E-state index in [1.54, 1.807) is 0 Å². The Hall–Kier alpha value is -2.07. The van der Waals surface area contributed by atoms with E-state index in [9.17, 15) is 4.79 Å². The Morgan fingerprint density at radius 3 is 2.43 bits per heavy atom. The molecule has 0 spiro atoms. The van der Waals surface area contributed by atoms with Crippen LogP contribution in [0.2, 0.25) is 0 Å². The smallest absolute Gasteiger partial charge is 0.241 e. The molecule has 3 N–H and O–H groups in total. The summed E-state index contributed by atoms with van der Waals surface area (Å²) in [6.07, 6.45) is 3.89. The summed E-state index contributed by atoms with van der Waals surface area (Å²) < 4.78 is 5.97. The Kier molecular flexibility index (Phi) is 7.11. The summed E-state index contributed by atoms with van der Waals surface area (Å²) in [4.78, 5) is 12.6. The van der Waals surface area contributed by atoms with Gasteiger partial charge in [0.2, 0.25) is 5.91 Å². The average Bonchev–Trinajstić information content (AvgIpc) is 2.56. The molecule has 154 valence electrons. The van der Waals surface area contributed by atoms with Gasteiger partial charge < -0.3 is 15.8 Å². The molecule has 2 aromatic carbocycles. The normalized spacial score (nSPS) is 13.4. The summed E-state index contributed by atoms with van der Waals surface area (Å²) in [7, 11) is 0. The van der Waals surface area contributed by atoms with E-state index in [0.29, 0.717) is 11.8 Å². The average molecular weight is 385 g/mol. The molecular weight excluding hydrogens is 348 g/mol. The van der Waals surface area contributed by atoms with Crippen LogP contribution >= 0.6 is 0 Å². The van der Waals surface area contributed by atoms with Crippen LogP contribution < -0.4 is 15.8 Å². The fourth-order valence-electron chi connectivity index (χ4n) is 3.15. The number of amides is 1. The fraction of sp³-hybridized carbons (Fsp3) is 0.542. The maximum Gasteiger partial charge on any atom is 0.241 e. The lowest BCUT2D eigenvalue weighted by molar-refractivity contribution is -0.117. The first-order valence-electron chi connectivity index (χ1n) is 10.2. The first-order valence-corrected chi connectivity index (χ1v) is 10.2. The number of nitrogens with two attached hydrogens (primary N) is 1. The maximum atomic E-state index is 12.6. The molecule has 4 nitrogen and oxygen atoms in total. The molecule has 0 bridgehead atoms. The largest absolute Gasteiger partial charge is 0.488 e.